The summed E-state index contributed by atoms with van der Waals surface area (Å²) in [6.45, 7) is 1.39. The summed E-state index contributed by atoms with van der Waals surface area (Å²) >= 11 is 0. The number of ether oxygens (including phenoxy) is 1. The van der Waals surface area contributed by atoms with Crippen LogP contribution in [-0.2, 0) is 4.74 Å². The molecule has 5 nitrogen and oxygen atoms in total. The van der Waals surface area contributed by atoms with Gasteiger partial charge in [0.15, 0.2) is 5.65 Å². The van der Waals surface area contributed by atoms with Crippen LogP contribution >= 0.6 is 0 Å². The number of methoxy groups -OCH3 is 1. The molecule has 1 N–H and O–H groups in total. The number of anilines is 1. The number of fused-ring (bicyclic) bond motifs is 1. The van der Waals surface area contributed by atoms with Crippen molar-refractivity contribution < 1.29 is 4.74 Å². The van der Waals surface area contributed by atoms with Crippen molar-refractivity contribution in [3.63, 3.8) is 0 Å². The third-order valence-corrected chi connectivity index (χ3v) is 3.04. The van der Waals surface area contributed by atoms with Crippen molar-refractivity contribution >= 4 is 17.0 Å². The van der Waals surface area contributed by atoms with Crippen LogP contribution in [0.3, 0.4) is 0 Å². The molecule has 19 heavy (non-hydrogen) atoms. The highest BCUT2D eigenvalue weighted by Crippen LogP contribution is 2.22. The smallest absolute Gasteiger partial charge is 0.154 e. The third kappa shape index (κ3) is 2.37. The van der Waals surface area contributed by atoms with Gasteiger partial charge in [-0.05, 0) is 24.1 Å². The Morgan fingerprint density at radius 2 is 2.37 bits per heavy atom. The van der Waals surface area contributed by atoms with Gasteiger partial charge in [-0.2, -0.15) is 0 Å². The predicted octanol–water partition coefficient (Wildman–Crippen LogP) is 2.13. The van der Waals surface area contributed by atoms with Crippen molar-refractivity contribution in [3.05, 3.63) is 42.3 Å². The van der Waals surface area contributed by atoms with Crippen LogP contribution in [-0.4, -0.2) is 34.9 Å². The molecule has 98 valence electrons. The minimum absolute atomic E-state index is 0.657. The molecule has 3 rings (SSSR count). The number of allylic oxidation sites excluding steroid dienone is 4. The highest BCUT2D eigenvalue weighted by atomic mass is 16.5. The molecular formula is C14H16N4O. The molecule has 5 heteroatoms. The number of aromatic nitrogens is 3. The number of hydrogen-bond donors (Lipinski definition) is 1. The summed E-state index contributed by atoms with van der Waals surface area (Å²) in [5, 5.41) is 7.79. The van der Waals surface area contributed by atoms with Gasteiger partial charge in [-0.25, -0.2) is 9.50 Å². The van der Waals surface area contributed by atoms with E-state index in [4.69, 9.17) is 4.74 Å². The van der Waals surface area contributed by atoms with Gasteiger partial charge >= 0.3 is 0 Å². The van der Waals surface area contributed by atoms with Crippen molar-refractivity contribution in [1.29, 1.82) is 0 Å². The summed E-state index contributed by atoms with van der Waals surface area (Å²) in [6, 6.07) is 3.89. The van der Waals surface area contributed by atoms with Crippen molar-refractivity contribution in [2.24, 2.45) is 0 Å². The summed E-state index contributed by atoms with van der Waals surface area (Å²) in [5.74, 6) is 0.825. The fraction of sp³-hybridized carbons (Fsp3) is 0.286. The first kappa shape index (κ1) is 11.9. The highest BCUT2D eigenvalue weighted by Gasteiger charge is 2.10. The Morgan fingerprint density at radius 1 is 1.42 bits per heavy atom. The SMILES string of the molecule is COCCNc1ccc2ncc(C3=CCC=C3)n2n1. The van der Waals surface area contributed by atoms with E-state index in [1.165, 1.54) is 5.57 Å². The lowest BCUT2D eigenvalue weighted by Gasteiger charge is -2.06. The average Bonchev–Trinajstić information content (AvgIpc) is 3.07. The van der Waals surface area contributed by atoms with Gasteiger partial charge in [0.2, 0.25) is 0 Å². The van der Waals surface area contributed by atoms with Gasteiger partial charge in [0.05, 0.1) is 18.5 Å². The van der Waals surface area contributed by atoms with Crippen LogP contribution in [0.15, 0.2) is 36.6 Å². The van der Waals surface area contributed by atoms with Crippen LogP contribution in [0.25, 0.3) is 11.2 Å². The molecular weight excluding hydrogens is 240 g/mol. The van der Waals surface area contributed by atoms with E-state index in [-0.39, 0.29) is 0 Å². The minimum Gasteiger partial charge on any atom is -0.383 e. The Labute approximate surface area is 111 Å². The van der Waals surface area contributed by atoms with Gasteiger partial charge < -0.3 is 10.1 Å². The zero-order valence-electron chi connectivity index (χ0n) is 10.8. The van der Waals surface area contributed by atoms with E-state index in [9.17, 15) is 0 Å². The quantitative estimate of drug-likeness (QED) is 0.833. The molecule has 0 fully saturated rings. The molecule has 1 aliphatic carbocycles. The van der Waals surface area contributed by atoms with Crippen LogP contribution in [0.2, 0.25) is 0 Å². The number of nitrogens with one attached hydrogen (secondary N) is 1. The molecule has 0 saturated heterocycles. The summed E-state index contributed by atoms with van der Waals surface area (Å²) in [6.07, 6.45) is 9.26. The first-order valence-corrected chi connectivity index (χ1v) is 6.33. The second kappa shape index (κ2) is 5.24. The Hall–Kier alpha value is -2.14. The molecule has 0 aromatic carbocycles. The maximum absolute atomic E-state index is 5.01. The van der Waals surface area contributed by atoms with Crippen molar-refractivity contribution in [2.75, 3.05) is 25.6 Å². The second-order valence-corrected chi connectivity index (χ2v) is 4.35. The molecule has 0 aliphatic heterocycles. The summed E-state index contributed by atoms with van der Waals surface area (Å²) in [4.78, 5) is 4.37. The Bertz CT molecular complexity index is 642. The zero-order chi connectivity index (χ0) is 13.1. The fourth-order valence-electron chi connectivity index (χ4n) is 2.09. The highest BCUT2D eigenvalue weighted by molar-refractivity contribution is 5.75. The van der Waals surface area contributed by atoms with Crippen LogP contribution in [0, 0.1) is 0 Å². The largest absolute Gasteiger partial charge is 0.383 e. The van der Waals surface area contributed by atoms with Gasteiger partial charge in [-0.1, -0.05) is 18.2 Å². The molecule has 0 amide bonds. The summed E-state index contributed by atoms with van der Waals surface area (Å²) < 4.78 is 6.89. The molecule has 0 spiro atoms. The Morgan fingerprint density at radius 3 is 3.16 bits per heavy atom. The van der Waals surface area contributed by atoms with E-state index in [0.717, 1.165) is 30.1 Å². The Balaban J connectivity index is 1.92. The van der Waals surface area contributed by atoms with E-state index in [2.05, 4.69) is 33.6 Å². The van der Waals surface area contributed by atoms with Gasteiger partial charge in [-0.15, -0.1) is 5.10 Å². The topological polar surface area (TPSA) is 51.5 Å². The maximum Gasteiger partial charge on any atom is 0.154 e. The van der Waals surface area contributed by atoms with Gasteiger partial charge in [0.25, 0.3) is 0 Å². The Kier molecular flexibility index (Phi) is 3.29. The van der Waals surface area contributed by atoms with Crippen LogP contribution < -0.4 is 5.32 Å². The van der Waals surface area contributed by atoms with Gasteiger partial charge in [0.1, 0.15) is 5.82 Å². The number of nitrogens with zero attached hydrogens (tertiary/aromatic N) is 3. The molecule has 0 atom stereocenters. The summed E-state index contributed by atoms with van der Waals surface area (Å²) in [5.41, 5.74) is 3.06. The normalized spacial score (nSPS) is 14.1. The lowest BCUT2D eigenvalue weighted by Crippen LogP contribution is -2.10. The molecule has 0 unspecified atom stereocenters. The molecule has 2 aromatic heterocycles. The molecule has 2 heterocycles. The van der Waals surface area contributed by atoms with E-state index in [1.807, 2.05) is 22.8 Å². The molecule has 0 bridgehead atoms. The van der Waals surface area contributed by atoms with Crippen LogP contribution in [0.5, 0.6) is 0 Å². The number of rotatable bonds is 5. The predicted molar refractivity (Wildman–Crippen MR) is 75.1 cm³/mol. The van der Waals surface area contributed by atoms with Crippen molar-refractivity contribution in [3.8, 4) is 0 Å². The van der Waals surface area contributed by atoms with Gasteiger partial charge in [0, 0.05) is 13.7 Å². The van der Waals surface area contributed by atoms with Crippen LogP contribution in [0.4, 0.5) is 5.82 Å². The first-order chi connectivity index (χ1) is 9.38. The minimum atomic E-state index is 0.657. The van der Waals surface area contributed by atoms with Crippen LogP contribution in [0.1, 0.15) is 12.1 Å². The first-order valence-electron chi connectivity index (χ1n) is 6.33. The van der Waals surface area contributed by atoms with E-state index in [0.29, 0.717) is 6.61 Å². The number of hydrogen-bond acceptors (Lipinski definition) is 4. The monoisotopic (exact) mass is 256 g/mol. The lowest BCUT2D eigenvalue weighted by atomic mass is 10.2. The zero-order valence-corrected chi connectivity index (χ0v) is 10.8. The van der Waals surface area contributed by atoms with E-state index >= 15 is 0 Å². The standard InChI is InChI=1S/C14H16N4O/c1-19-9-8-15-13-6-7-14-16-10-12(18(14)17-13)11-4-2-3-5-11/h2,4-7,10H,3,8-9H2,1H3,(H,15,17). The second-order valence-electron chi connectivity index (χ2n) is 4.35. The molecule has 0 saturated carbocycles. The van der Waals surface area contributed by atoms with Crippen molar-refractivity contribution in [2.45, 2.75) is 6.42 Å². The molecule has 0 radical (unpaired) electrons. The molecule has 2 aromatic rings. The summed E-state index contributed by atoms with van der Waals surface area (Å²) in [7, 11) is 1.69. The van der Waals surface area contributed by atoms with E-state index in [1.54, 1.807) is 7.11 Å². The maximum atomic E-state index is 5.01. The third-order valence-electron chi connectivity index (χ3n) is 3.04. The molecule has 1 aliphatic rings. The average molecular weight is 256 g/mol. The van der Waals surface area contributed by atoms with E-state index < -0.39 is 0 Å². The fourth-order valence-corrected chi connectivity index (χ4v) is 2.09. The van der Waals surface area contributed by atoms with Gasteiger partial charge in [-0.3, -0.25) is 0 Å². The number of imidazole rings is 1. The lowest BCUT2D eigenvalue weighted by molar-refractivity contribution is 0.210. The van der Waals surface area contributed by atoms with Crippen molar-refractivity contribution in [1.82, 2.24) is 14.6 Å².